The molecule has 0 saturated heterocycles. The Morgan fingerprint density at radius 2 is 2.00 bits per heavy atom. The van der Waals surface area contributed by atoms with E-state index in [1.54, 1.807) is 0 Å². The second-order valence-electron chi connectivity index (χ2n) is 5.39. The molecular weight excluding hydrogens is 286 g/mol. The molecule has 2 rings (SSSR count). The van der Waals surface area contributed by atoms with Gasteiger partial charge < -0.3 is 16.0 Å². The van der Waals surface area contributed by atoms with Gasteiger partial charge in [-0.05, 0) is 50.1 Å². The Morgan fingerprint density at radius 1 is 1.22 bits per heavy atom. The maximum absolute atomic E-state index is 5.94. The maximum atomic E-state index is 5.94. The Morgan fingerprint density at radius 3 is 2.61 bits per heavy atom. The molecule has 1 aromatic carbocycles. The molecule has 0 aliphatic rings. The van der Waals surface area contributed by atoms with E-state index in [0.717, 1.165) is 30.2 Å². The van der Waals surface area contributed by atoms with E-state index in [9.17, 15) is 0 Å². The highest BCUT2D eigenvalue weighted by molar-refractivity contribution is 5.92. The summed E-state index contributed by atoms with van der Waals surface area (Å²) in [5, 5.41) is 3.10. The van der Waals surface area contributed by atoms with Crippen LogP contribution in [-0.2, 0) is 6.54 Å². The second kappa shape index (κ2) is 8.17. The van der Waals surface area contributed by atoms with Gasteiger partial charge >= 0.3 is 0 Å². The number of aliphatic imine (C=N–C) groups is 1. The number of aromatic nitrogens is 1. The number of pyridine rings is 1. The molecule has 0 bridgehead atoms. The molecule has 0 fully saturated rings. The van der Waals surface area contributed by atoms with Gasteiger partial charge in [-0.1, -0.05) is 18.2 Å². The maximum Gasteiger partial charge on any atom is 0.193 e. The van der Waals surface area contributed by atoms with Gasteiger partial charge in [-0.25, -0.2) is 9.98 Å². The Labute approximate surface area is 138 Å². The van der Waals surface area contributed by atoms with Gasteiger partial charge in [0, 0.05) is 25.0 Å². The molecule has 2 aromatic rings. The highest BCUT2D eigenvalue weighted by atomic mass is 15.2. The van der Waals surface area contributed by atoms with Crippen LogP contribution in [0.25, 0.3) is 0 Å². The second-order valence-corrected chi connectivity index (χ2v) is 5.39. The predicted octanol–water partition coefficient (Wildman–Crippen LogP) is 3.16. The van der Waals surface area contributed by atoms with Gasteiger partial charge in [-0.3, -0.25) is 0 Å². The van der Waals surface area contributed by atoms with Crippen LogP contribution in [0.15, 0.2) is 47.6 Å². The van der Waals surface area contributed by atoms with Crippen molar-refractivity contribution in [1.82, 2.24) is 4.98 Å². The molecule has 0 radical (unpaired) electrons. The van der Waals surface area contributed by atoms with E-state index in [1.807, 2.05) is 49.5 Å². The Bertz CT molecular complexity index is 645. The number of anilines is 2. The van der Waals surface area contributed by atoms with E-state index in [1.165, 1.54) is 5.56 Å². The summed E-state index contributed by atoms with van der Waals surface area (Å²) in [4.78, 5) is 11.1. The summed E-state index contributed by atoms with van der Waals surface area (Å²) < 4.78 is 0. The monoisotopic (exact) mass is 311 g/mol. The van der Waals surface area contributed by atoms with Gasteiger partial charge in [0.15, 0.2) is 5.96 Å². The third kappa shape index (κ3) is 4.98. The third-order valence-electron chi connectivity index (χ3n) is 3.62. The van der Waals surface area contributed by atoms with Crippen molar-refractivity contribution >= 4 is 17.5 Å². The van der Waals surface area contributed by atoms with Gasteiger partial charge in [0.2, 0.25) is 0 Å². The first kappa shape index (κ1) is 16.8. The zero-order chi connectivity index (χ0) is 16.7. The van der Waals surface area contributed by atoms with E-state index >= 15 is 0 Å². The Kier molecular flexibility index (Phi) is 5.97. The van der Waals surface area contributed by atoms with Crippen molar-refractivity contribution in [3.8, 4) is 0 Å². The van der Waals surface area contributed by atoms with Crippen LogP contribution in [0.3, 0.4) is 0 Å². The van der Waals surface area contributed by atoms with E-state index in [2.05, 4.69) is 34.0 Å². The number of nitrogens with zero attached hydrogens (tertiary/aromatic N) is 3. The van der Waals surface area contributed by atoms with Gasteiger partial charge in [-0.15, -0.1) is 0 Å². The number of rotatable bonds is 6. The van der Waals surface area contributed by atoms with Crippen LogP contribution in [0.2, 0.25) is 0 Å². The normalized spacial score (nSPS) is 11.3. The molecule has 0 unspecified atom stereocenters. The van der Waals surface area contributed by atoms with Crippen molar-refractivity contribution in [2.75, 3.05) is 23.3 Å². The summed E-state index contributed by atoms with van der Waals surface area (Å²) in [6, 6.07) is 12.1. The summed E-state index contributed by atoms with van der Waals surface area (Å²) in [6.45, 7) is 8.71. The fourth-order valence-corrected chi connectivity index (χ4v) is 2.33. The van der Waals surface area contributed by atoms with Gasteiger partial charge in [-0.2, -0.15) is 0 Å². The molecule has 1 aromatic heterocycles. The molecule has 3 N–H and O–H groups in total. The summed E-state index contributed by atoms with van der Waals surface area (Å²) in [5.41, 5.74) is 9.10. The van der Waals surface area contributed by atoms with Crippen LogP contribution < -0.4 is 16.0 Å². The smallest absolute Gasteiger partial charge is 0.193 e. The van der Waals surface area contributed by atoms with Gasteiger partial charge in [0.1, 0.15) is 5.82 Å². The molecule has 5 heteroatoms. The van der Waals surface area contributed by atoms with Crippen LogP contribution in [0, 0.1) is 6.92 Å². The Balaban J connectivity index is 1.96. The standard InChI is InChI=1S/C18H25N5/c1-4-23(5-2)17-10-9-15(12-20-17)13-21-18(19)22-16-8-6-7-14(3)11-16/h6-12H,4-5,13H2,1-3H3,(H3,19,21,22). The van der Waals surface area contributed by atoms with Gasteiger partial charge in [0.25, 0.3) is 0 Å². The number of nitrogens with two attached hydrogens (primary N) is 1. The lowest BCUT2D eigenvalue weighted by atomic mass is 10.2. The lowest BCUT2D eigenvalue weighted by Crippen LogP contribution is -2.23. The topological polar surface area (TPSA) is 66.5 Å². The highest BCUT2D eigenvalue weighted by Crippen LogP contribution is 2.12. The van der Waals surface area contributed by atoms with Crippen LogP contribution in [0.5, 0.6) is 0 Å². The SMILES string of the molecule is CCN(CC)c1ccc(CN=C(N)Nc2cccc(C)c2)cn1. The van der Waals surface area contributed by atoms with Gasteiger partial charge in [0.05, 0.1) is 6.54 Å². The summed E-state index contributed by atoms with van der Waals surface area (Å²) in [5.74, 6) is 1.40. The van der Waals surface area contributed by atoms with Crippen molar-refractivity contribution in [1.29, 1.82) is 0 Å². The molecule has 122 valence electrons. The number of hydrogen-bond donors (Lipinski definition) is 2. The molecular formula is C18H25N5. The zero-order valence-electron chi connectivity index (χ0n) is 14.1. The van der Waals surface area contributed by atoms with Crippen molar-refractivity contribution in [2.45, 2.75) is 27.3 Å². The molecule has 1 heterocycles. The summed E-state index contributed by atoms with van der Waals surface area (Å²) in [7, 11) is 0. The quantitative estimate of drug-likeness (QED) is 0.635. The minimum Gasteiger partial charge on any atom is -0.370 e. The Hall–Kier alpha value is -2.56. The number of guanidine groups is 1. The van der Waals surface area contributed by atoms with Crippen LogP contribution in [-0.4, -0.2) is 24.0 Å². The van der Waals surface area contributed by atoms with E-state index < -0.39 is 0 Å². The molecule has 0 amide bonds. The van der Waals surface area contributed by atoms with Crippen molar-refractivity contribution in [3.63, 3.8) is 0 Å². The predicted molar refractivity (Wildman–Crippen MR) is 97.9 cm³/mol. The van der Waals surface area contributed by atoms with E-state index in [4.69, 9.17) is 5.73 Å². The van der Waals surface area contributed by atoms with E-state index in [0.29, 0.717) is 12.5 Å². The number of hydrogen-bond acceptors (Lipinski definition) is 3. The molecule has 23 heavy (non-hydrogen) atoms. The first-order valence-electron chi connectivity index (χ1n) is 7.95. The lowest BCUT2D eigenvalue weighted by Gasteiger charge is -2.19. The number of nitrogens with one attached hydrogen (secondary N) is 1. The molecule has 0 aliphatic heterocycles. The molecule has 5 nitrogen and oxygen atoms in total. The highest BCUT2D eigenvalue weighted by Gasteiger charge is 2.03. The summed E-state index contributed by atoms with van der Waals surface area (Å²) in [6.07, 6.45) is 1.86. The summed E-state index contributed by atoms with van der Waals surface area (Å²) >= 11 is 0. The average Bonchev–Trinajstić information content (AvgIpc) is 2.55. The fourth-order valence-electron chi connectivity index (χ4n) is 2.33. The lowest BCUT2D eigenvalue weighted by molar-refractivity contribution is 0.843. The molecule has 0 saturated carbocycles. The first-order valence-corrected chi connectivity index (χ1v) is 7.95. The van der Waals surface area contributed by atoms with Crippen molar-refractivity contribution in [2.24, 2.45) is 10.7 Å². The molecule has 0 aliphatic carbocycles. The largest absolute Gasteiger partial charge is 0.370 e. The molecule has 0 spiro atoms. The van der Waals surface area contributed by atoms with Crippen molar-refractivity contribution in [3.05, 3.63) is 53.7 Å². The average molecular weight is 311 g/mol. The van der Waals surface area contributed by atoms with Crippen molar-refractivity contribution < 1.29 is 0 Å². The minimum absolute atomic E-state index is 0.406. The minimum atomic E-state index is 0.406. The van der Waals surface area contributed by atoms with Crippen LogP contribution >= 0.6 is 0 Å². The fraction of sp³-hybridized carbons (Fsp3) is 0.333. The number of aryl methyl sites for hydroxylation is 1. The van der Waals surface area contributed by atoms with E-state index in [-0.39, 0.29) is 0 Å². The number of benzene rings is 1. The third-order valence-corrected chi connectivity index (χ3v) is 3.62. The first-order chi connectivity index (χ1) is 11.1. The van der Waals surface area contributed by atoms with Crippen LogP contribution in [0.1, 0.15) is 25.0 Å². The van der Waals surface area contributed by atoms with Crippen LogP contribution in [0.4, 0.5) is 11.5 Å². The molecule has 0 atom stereocenters. The zero-order valence-corrected chi connectivity index (χ0v) is 14.1.